The van der Waals surface area contributed by atoms with Gasteiger partial charge >= 0.3 is 0 Å². The van der Waals surface area contributed by atoms with E-state index in [2.05, 4.69) is 27.0 Å². The molecule has 18 heavy (non-hydrogen) atoms. The molecule has 0 radical (unpaired) electrons. The highest BCUT2D eigenvalue weighted by molar-refractivity contribution is 9.10. The van der Waals surface area contributed by atoms with Crippen LogP contribution in [-0.4, -0.2) is 15.7 Å². The van der Waals surface area contributed by atoms with Gasteiger partial charge in [-0.15, -0.1) is 0 Å². The highest BCUT2D eigenvalue weighted by Crippen LogP contribution is 2.30. The average molecular weight is 309 g/mol. The summed E-state index contributed by atoms with van der Waals surface area (Å²) >= 11 is 3.57. The molecule has 1 aromatic heterocycles. The Kier molecular flexibility index (Phi) is 3.29. The van der Waals surface area contributed by atoms with Crippen molar-refractivity contribution >= 4 is 27.0 Å². The Hall–Kier alpha value is -1.03. The van der Waals surface area contributed by atoms with E-state index in [4.69, 9.17) is 4.74 Å². The van der Waals surface area contributed by atoms with E-state index in [-0.39, 0.29) is 0 Å². The van der Waals surface area contributed by atoms with E-state index in [0.717, 1.165) is 21.3 Å². The van der Waals surface area contributed by atoms with Gasteiger partial charge in [0.2, 0.25) is 0 Å². The third-order valence-corrected chi connectivity index (χ3v) is 4.22. The minimum atomic E-state index is 0.385. The molecule has 1 aromatic carbocycles. The van der Waals surface area contributed by atoms with E-state index in [1.54, 1.807) is 0 Å². The van der Waals surface area contributed by atoms with E-state index >= 15 is 0 Å². The standard InChI is InChI=1S/C14H17BrN2O/c1-17-9-16-14-12(15)7-11(8-13(14)17)18-10-5-3-2-4-6-10/h7-10H,2-6H2,1H3. The topological polar surface area (TPSA) is 27.1 Å². The smallest absolute Gasteiger partial charge is 0.123 e. The second-order valence-corrected chi connectivity index (χ2v) is 5.86. The minimum Gasteiger partial charge on any atom is -0.490 e. The van der Waals surface area contributed by atoms with E-state index in [9.17, 15) is 0 Å². The third-order valence-electron chi connectivity index (χ3n) is 3.61. The van der Waals surface area contributed by atoms with Crippen molar-refractivity contribution in [2.75, 3.05) is 0 Å². The number of aryl methyl sites for hydroxylation is 1. The van der Waals surface area contributed by atoms with Crippen molar-refractivity contribution in [2.45, 2.75) is 38.2 Å². The Morgan fingerprint density at radius 1 is 1.28 bits per heavy atom. The summed E-state index contributed by atoms with van der Waals surface area (Å²) in [4.78, 5) is 4.37. The van der Waals surface area contributed by atoms with Crippen molar-refractivity contribution in [3.05, 3.63) is 22.9 Å². The number of hydrogen-bond donors (Lipinski definition) is 0. The number of benzene rings is 1. The fraction of sp³-hybridized carbons (Fsp3) is 0.500. The second kappa shape index (κ2) is 4.92. The molecule has 4 heteroatoms. The van der Waals surface area contributed by atoms with E-state index in [0.29, 0.717) is 6.10 Å². The lowest BCUT2D eigenvalue weighted by Gasteiger charge is -2.23. The number of ether oxygens (including phenoxy) is 1. The molecule has 2 aromatic rings. The van der Waals surface area contributed by atoms with Gasteiger partial charge in [0, 0.05) is 17.6 Å². The number of aromatic nitrogens is 2. The van der Waals surface area contributed by atoms with Gasteiger partial charge in [-0.2, -0.15) is 0 Å². The van der Waals surface area contributed by atoms with Gasteiger partial charge in [0.1, 0.15) is 11.3 Å². The summed E-state index contributed by atoms with van der Waals surface area (Å²) in [6.45, 7) is 0. The van der Waals surface area contributed by atoms with Gasteiger partial charge < -0.3 is 9.30 Å². The van der Waals surface area contributed by atoms with Crippen LogP contribution in [0.2, 0.25) is 0 Å². The van der Waals surface area contributed by atoms with Crippen LogP contribution in [0.1, 0.15) is 32.1 Å². The van der Waals surface area contributed by atoms with Crippen molar-refractivity contribution in [3.63, 3.8) is 0 Å². The Balaban J connectivity index is 1.89. The fourth-order valence-electron chi connectivity index (χ4n) is 2.61. The normalized spacial score (nSPS) is 17.2. The van der Waals surface area contributed by atoms with Crippen LogP contribution < -0.4 is 4.74 Å². The van der Waals surface area contributed by atoms with Crippen LogP contribution in [0.25, 0.3) is 11.0 Å². The van der Waals surface area contributed by atoms with Gasteiger partial charge in [0.05, 0.1) is 17.9 Å². The third kappa shape index (κ3) is 2.26. The SMILES string of the molecule is Cn1cnc2c(Br)cc(OC3CCCCC3)cc21. The maximum atomic E-state index is 6.10. The van der Waals surface area contributed by atoms with Crippen molar-refractivity contribution in [3.8, 4) is 5.75 Å². The summed E-state index contributed by atoms with van der Waals surface area (Å²) < 4.78 is 9.13. The van der Waals surface area contributed by atoms with Gasteiger partial charge in [-0.3, -0.25) is 0 Å². The number of nitrogens with zero attached hydrogens (tertiary/aromatic N) is 2. The number of halogens is 1. The van der Waals surface area contributed by atoms with Gasteiger partial charge in [0.25, 0.3) is 0 Å². The maximum Gasteiger partial charge on any atom is 0.123 e. The molecule has 0 amide bonds. The molecule has 0 atom stereocenters. The Morgan fingerprint density at radius 3 is 2.83 bits per heavy atom. The van der Waals surface area contributed by atoms with Crippen LogP contribution in [-0.2, 0) is 7.05 Å². The average Bonchev–Trinajstić information content (AvgIpc) is 2.73. The predicted molar refractivity (Wildman–Crippen MR) is 75.9 cm³/mol. The first-order valence-electron chi connectivity index (χ1n) is 6.51. The molecule has 3 rings (SSSR count). The Bertz CT molecular complexity index is 558. The van der Waals surface area contributed by atoms with Gasteiger partial charge in [-0.1, -0.05) is 6.42 Å². The monoisotopic (exact) mass is 308 g/mol. The molecule has 0 aliphatic heterocycles. The molecule has 0 unspecified atom stereocenters. The van der Waals surface area contributed by atoms with Gasteiger partial charge in [-0.05, 0) is 47.7 Å². The number of imidazole rings is 1. The van der Waals surface area contributed by atoms with E-state index in [1.807, 2.05) is 24.0 Å². The molecule has 0 spiro atoms. The zero-order chi connectivity index (χ0) is 12.5. The van der Waals surface area contributed by atoms with Crippen LogP contribution in [0.4, 0.5) is 0 Å². The van der Waals surface area contributed by atoms with Crippen LogP contribution in [0.3, 0.4) is 0 Å². The van der Waals surface area contributed by atoms with Crippen LogP contribution >= 0.6 is 15.9 Å². The van der Waals surface area contributed by atoms with Crippen molar-refractivity contribution in [2.24, 2.45) is 7.05 Å². The molecule has 0 N–H and O–H groups in total. The summed E-state index contributed by atoms with van der Waals surface area (Å²) in [6.07, 6.45) is 8.52. The number of fused-ring (bicyclic) bond motifs is 1. The largest absolute Gasteiger partial charge is 0.490 e. The molecule has 0 saturated heterocycles. The van der Waals surface area contributed by atoms with Crippen LogP contribution in [0, 0.1) is 0 Å². The van der Waals surface area contributed by atoms with Crippen molar-refractivity contribution in [1.29, 1.82) is 0 Å². The van der Waals surface area contributed by atoms with Crippen molar-refractivity contribution in [1.82, 2.24) is 9.55 Å². The zero-order valence-corrected chi connectivity index (χ0v) is 12.1. The molecular weight excluding hydrogens is 292 g/mol. The molecule has 96 valence electrons. The van der Waals surface area contributed by atoms with Gasteiger partial charge in [0.15, 0.2) is 0 Å². The Morgan fingerprint density at radius 2 is 2.06 bits per heavy atom. The lowest BCUT2D eigenvalue weighted by molar-refractivity contribution is 0.155. The quantitative estimate of drug-likeness (QED) is 0.837. The summed E-state index contributed by atoms with van der Waals surface area (Å²) in [5.41, 5.74) is 2.10. The molecule has 3 nitrogen and oxygen atoms in total. The predicted octanol–water partition coefficient (Wildman–Crippen LogP) is 4.05. The number of rotatable bonds is 2. The molecule has 1 saturated carbocycles. The van der Waals surface area contributed by atoms with Crippen LogP contribution in [0.5, 0.6) is 5.75 Å². The lowest BCUT2D eigenvalue weighted by atomic mass is 9.98. The lowest BCUT2D eigenvalue weighted by Crippen LogP contribution is -2.19. The molecule has 1 heterocycles. The highest BCUT2D eigenvalue weighted by Gasteiger charge is 2.16. The van der Waals surface area contributed by atoms with Gasteiger partial charge in [-0.25, -0.2) is 4.98 Å². The van der Waals surface area contributed by atoms with E-state index in [1.165, 1.54) is 32.1 Å². The summed E-state index contributed by atoms with van der Waals surface area (Å²) in [5.74, 6) is 0.949. The first-order chi connectivity index (χ1) is 8.74. The zero-order valence-electron chi connectivity index (χ0n) is 10.5. The first kappa shape index (κ1) is 12.0. The maximum absolute atomic E-state index is 6.10. The highest BCUT2D eigenvalue weighted by atomic mass is 79.9. The van der Waals surface area contributed by atoms with E-state index < -0.39 is 0 Å². The fourth-order valence-corrected chi connectivity index (χ4v) is 3.14. The molecule has 1 aliphatic carbocycles. The summed E-state index contributed by atoms with van der Waals surface area (Å²) in [7, 11) is 2.01. The molecule has 1 aliphatic rings. The minimum absolute atomic E-state index is 0.385. The Labute approximate surface area is 115 Å². The first-order valence-corrected chi connectivity index (χ1v) is 7.30. The molecular formula is C14H17BrN2O. The second-order valence-electron chi connectivity index (χ2n) is 5.01. The molecule has 1 fully saturated rings. The number of hydrogen-bond acceptors (Lipinski definition) is 2. The summed E-state index contributed by atoms with van der Waals surface area (Å²) in [5, 5.41) is 0. The summed E-state index contributed by atoms with van der Waals surface area (Å²) in [6, 6.07) is 4.12. The van der Waals surface area contributed by atoms with Crippen LogP contribution in [0.15, 0.2) is 22.9 Å². The van der Waals surface area contributed by atoms with Crippen molar-refractivity contribution < 1.29 is 4.74 Å². The molecule has 0 bridgehead atoms.